The second-order valence-corrected chi connectivity index (χ2v) is 14.2. The standard InChI is InChI=1S/C40H50N6O8/c1-44(19-16-41-25-34(48)30-7-9-33(47)37-31(30)8-10-35(49)43-37)36(50)12-22-53-21-11-28-4-2-5-29(24-28)26-45-17-13-40(14-18-45)27-46(20-23-54-40)38-32(39(51)52)6-3-15-42-38/h2-10,15,24,34,41,47-48H,11-14,16-23,25-27H2,1H3,(H,43,49)(H,51,52). The second-order valence-electron chi connectivity index (χ2n) is 14.2. The average Bonchev–Trinajstić information content (AvgIpc) is 3.17. The number of carbonyl (C=O) groups excluding carboxylic acids is 1. The number of hydrogen-bond acceptors (Lipinski definition) is 11. The van der Waals surface area contributed by atoms with E-state index in [9.17, 15) is 29.7 Å². The molecule has 54 heavy (non-hydrogen) atoms. The van der Waals surface area contributed by atoms with Crippen molar-refractivity contribution in [3.8, 4) is 5.75 Å². The van der Waals surface area contributed by atoms with Crippen LogP contribution < -0.4 is 15.8 Å². The third-order valence-electron chi connectivity index (χ3n) is 10.4. The van der Waals surface area contributed by atoms with Gasteiger partial charge in [-0.3, -0.25) is 14.5 Å². The summed E-state index contributed by atoms with van der Waals surface area (Å²) in [5.74, 6) is -0.543. The maximum atomic E-state index is 12.7. The number of ether oxygens (including phenoxy) is 2. The summed E-state index contributed by atoms with van der Waals surface area (Å²) in [5.41, 5.74) is 2.86. The SMILES string of the molecule is CN(CCNCC(O)c1ccc(O)c2[nH]c(=O)ccc12)C(=O)CCOCCc1cccc(CN2CCC3(CC2)CN(c2ncccc2C(=O)O)CCO3)c1. The first-order chi connectivity index (χ1) is 26.1. The quantitative estimate of drug-likeness (QED) is 0.106. The Balaban J connectivity index is 0.862. The number of hydrogen-bond donors (Lipinski definition) is 5. The number of carbonyl (C=O) groups is 2. The molecule has 288 valence electrons. The van der Waals surface area contributed by atoms with Gasteiger partial charge in [-0.05, 0) is 60.2 Å². The van der Waals surface area contributed by atoms with E-state index in [1.165, 1.54) is 23.3 Å². The molecule has 0 saturated carbocycles. The number of phenolic OH excluding ortho intramolecular Hbond substituents is 1. The van der Waals surface area contributed by atoms with E-state index in [1.807, 2.05) is 0 Å². The number of fused-ring (bicyclic) bond motifs is 1. The summed E-state index contributed by atoms with van der Waals surface area (Å²) in [7, 11) is 1.74. The number of aliphatic hydroxyl groups excluding tert-OH is 1. The second kappa shape index (κ2) is 18.0. The van der Waals surface area contributed by atoms with Crippen LogP contribution in [0.1, 0.15) is 52.4 Å². The smallest absolute Gasteiger partial charge is 0.339 e. The fraction of sp³-hybridized carbons (Fsp3) is 0.450. The molecule has 6 rings (SSSR count). The molecule has 0 aliphatic carbocycles. The molecule has 4 heterocycles. The summed E-state index contributed by atoms with van der Waals surface area (Å²) in [6.07, 6.45) is 3.52. The average molecular weight is 743 g/mol. The Labute approximate surface area is 314 Å². The van der Waals surface area contributed by atoms with Gasteiger partial charge in [0.15, 0.2) is 0 Å². The Hall–Kier alpha value is -4.86. The number of anilines is 1. The summed E-state index contributed by atoms with van der Waals surface area (Å²) in [4.78, 5) is 49.2. The minimum Gasteiger partial charge on any atom is -0.506 e. The van der Waals surface area contributed by atoms with Crippen molar-refractivity contribution >= 4 is 28.6 Å². The van der Waals surface area contributed by atoms with Crippen molar-refractivity contribution in [3.63, 3.8) is 0 Å². The van der Waals surface area contributed by atoms with Crippen molar-refractivity contribution in [2.45, 2.75) is 43.9 Å². The number of aromatic carboxylic acids is 1. The molecule has 4 aromatic rings. The van der Waals surface area contributed by atoms with Gasteiger partial charge in [0.05, 0.1) is 43.5 Å². The first kappa shape index (κ1) is 38.9. The van der Waals surface area contributed by atoms with Crippen LogP contribution in [0.25, 0.3) is 10.9 Å². The number of nitrogens with one attached hydrogen (secondary N) is 2. The number of aliphatic hydroxyl groups is 1. The molecule has 14 nitrogen and oxygen atoms in total. The molecule has 2 aromatic carbocycles. The van der Waals surface area contributed by atoms with Crippen LogP contribution in [0, 0.1) is 0 Å². The molecule has 14 heteroatoms. The van der Waals surface area contributed by atoms with E-state index >= 15 is 0 Å². The lowest BCUT2D eigenvalue weighted by Crippen LogP contribution is -2.57. The zero-order chi connectivity index (χ0) is 38.1. The lowest BCUT2D eigenvalue weighted by molar-refractivity contribution is -0.131. The zero-order valence-electron chi connectivity index (χ0n) is 30.7. The number of phenols is 1. The number of benzene rings is 2. The summed E-state index contributed by atoms with van der Waals surface area (Å²) in [6, 6.07) is 17.8. The van der Waals surface area contributed by atoms with Gasteiger partial charge in [-0.2, -0.15) is 0 Å². The van der Waals surface area contributed by atoms with E-state index in [0.717, 1.165) is 38.9 Å². The first-order valence-corrected chi connectivity index (χ1v) is 18.5. The monoisotopic (exact) mass is 742 g/mol. The lowest BCUT2D eigenvalue weighted by Gasteiger charge is -2.47. The summed E-state index contributed by atoms with van der Waals surface area (Å²) >= 11 is 0. The van der Waals surface area contributed by atoms with Gasteiger partial charge in [0.1, 0.15) is 17.1 Å². The van der Waals surface area contributed by atoms with Crippen LogP contribution in [0.3, 0.4) is 0 Å². The van der Waals surface area contributed by atoms with Crippen LogP contribution in [0.15, 0.2) is 71.7 Å². The van der Waals surface area contributed by atoms with Gasteiger partial charge in [-0.25, -0.2) is 9.78 Å². The van der Waals surface area contributed by atoms with Gasteiger partial charge < -0.3 is 44.9 Å². The number of H-pyrrole nitrogens is 1. The number of likely N-dealkylation sites (N-methyl/N-ethyl adjacent to an activating group) is 1. The maximum Gasteiger partial charge on any atom is 0.339 e. The van der Waals surface area contributed by atoms with Crippen LogP contribution in [-0.2, 0) is 27.2 Å². The van der Waals surface area contributed by atoms with Crippen molar-refractivity contribution in [1.82, 2.24) is 25.1 Å². The minimum atomic E-state index is -0.971. The highest BCUT2D eigenvalue weighted by molar-refractivity contribution is 5.93. The van der Waals surface area contributed by atoms with Gasteiger partial charge in [-0.15, -0.1) is 0 Å². The number of aromatic hydroxyl groups is 1. The van der Waals surface area contributed by atoms with E-state index in [4.69, 9.17) is 9.47 Å². The predicted octanol–water partition coefficient (Wildman–Crippen LogP) is 2.93. The van der Waals surface area contributed by atoms with Crippen LogP contribution in [-0.4, -0.2) is 125 Å². The molecule has 2 saturated heterocycles. The molecule has 1 unspecified atom stereocenters. The normalized spacial score (nSPS) is 16.4. The van der Waals surface area contributed by atoms with Gasteiger partial charge in [0.2, 0.25) is 11.5 Å². The molecule has 0 bridgehead atoms. The summed E-state index contributed by atoms with van der Waals surface area (Å²) < 4.78 is 12.2. The highest BCUT2D eigenvalue weighted by Crippen LogP contribution is 2.33. The zero-order valence-corrected chi connectivity index (χ0v) is 30.7. The highest BCUT2D eigenvalue weighted by Gasteiger charge is 2.40. The Morgan fingerprint density at radius 1 is 1.07 bits per heavy atom. The van der Waals surface area contributed by atoms with Crippen molar-refractivity contribution in [2.75, 3.05) is 77.6 Å². The maximum absolute atomic E-state index is 12.7. The van der Waals surface area contributed by atoms with Crippen molar-refractivity contribution in [1.29, 1.82) is 0 Å². The van der Waals surface area contributed by atoms with Crippen LogP contribution in [0.2, 0.25) is 0 Å². The number of rotatable bonds is 16. The Kier molecular flexibility index (Phi) is 12.9. The Morgan fingerprint density at radius 2 is 1.89 bits per heavy atom. The Bertz CT molecular complexity index is 1960. The van der Waals surface area contributed by atoms with Crippen LogP contribution in [0.4, 0.5) is 5.82 Å². The van der Waals surface area contributed by atoms with Crippen molar-refractivity contribution < 1.29 is 34.4 Å². The number of amides is 1. The number of likely N-dealkylation sites (tertiary alicyclic amines) is 1. The number of morpholine rings is 1. The molecule has 5 N–H and O–H groups in total. The summed E-state index contributed by atoms with van der Waals surface area (Å²) in [5, 5.41) is 34.2. The number of nitrogens with zero attached hydrogens (tertiary/aromatic N) is 4. The topological polar surface area (TPSA) is 181 Å². The molecular weight excluding hydrogens is 692 g/mol. The molecular formula is C40H50N6O8. The van der Waals surface area contributed by atoms with E-state index in [1.54, 1.807) is 42.4 Å². The van der Waals surface area contributed by atoms with Gasteiger partial charge >= 0.3 is 5.97 Å². The molecule has 0 radical (unpaired) electrons. The molecule has 2 aliphatic rings. The summed E-state index contributed by atoms with van der Waals surface area (Å²) in [6.45, 7) is 6.43. The third-order valence-corrected chi connectivity index (χ3v) is 10.4. The molecule has 1 atom stereocenters. The number of piperidine rings is 1. The third kappa shape index (κ3) is 9.81. The van der Waals surface area contributed by atoms with Crippen LogP contribution in [0.5, 0.6) is 5.75 Å². The largest absolute Gasteiger partial charge is 0.506 e. The minimum absolute atomic E-state index is 0.0239. The highest BCUT2D eigenvalue weighted by atomic mass is 16.5. The number of aromatic amines is 1. The number of pyridine rings is 2. The van der Waals surface area contributed by atoms with Gasteiger partial charge in [0, 0.05) is 77.1 Å². The number of carboxylic acid groups (broad SMARTS) is 1. The fourth-order valence-corrected chi connectivity index (χ4v) is 7.32. The van der Waals surface area contributed by atoms with Gasteiger partial charge in [-0.1, -0.05) is 30.3 Å². The van der Waals surface area contributed by atoms with E-state index in [2.05, 4.69) is 49.4 Å². The van der Waals surface area contributed by atoms with Gasteiger partial charge in [0.25, 0.3) is 0 Å². The molecule has 1 amide bonds. The van der Waals surface area contributed by atoms with Crippen molar-refractivity contribution in [3.05, 3.63) is 99.5 Å². The fourth-order valence-electron chi connectivity index (χ4n) is 7.32. The number of carboxylic acids is 1. The van der Waals surface area contributed by atoms with E-state index in [-0.39, 0.29) is 46.9 Å². The first-order valence-electron chi connectivity index (χ1n) is 18.5. The molecule has 1 spiro atoms. The van der Waals surface area contributed by atoms with Crippen molar-refractivity contribution in [2.24, 2.45) is 0 Å². The van der Waals surface area contributed by atoms with E-state index < -0.39 is 12.1 Å². The van der Waals surface area contributed by atoms with E-state index in [0.29, 0.717) is 62.8 Å². The molecule has 2 fully saturated rings. The lowest BCUT2D eigenvalue weighted by atomic mass is 9.89. The molecule has 2 aromatic heterocycles. The number of aromatic nitrogens is 2. The molecule has 2 aliphatic heterocycles. The predicted molar refractivity (Wildman–Crippen MR) is 204 cm³/mol. The Morgan fingerprint density at radius 3 is 2.70 bits per heavy atom. The van der Waals surface area contributed by atoms with Crippen LogP contribution >= 0.6 is 0 Å².